The van der Waals surface area contributed by atoms with Crippen molar-refractivity contribution in [2.75, 3.05) is 0 Å². The molecule has 0 bridgehead atoms. The third-order valence-electron chi connectivity index (χ3n) is 2.52. The van der Waals surface area contributed by atoms with Gasteiger partial charge in [-0.05, 0) is 11.6 Å². The largest absolute Gasteiger partial charge is 2.00 e. The Morgan fingerprint density at radius 1 is 1.31 bits per heavy atom. The van der Waals surface area contributed by atoms with Crippen molar-refractivity contribution in [1.29, 1.82) is 0 Å². The molecule has 2 heterocycles. The molecule has 0 atom stereocenters. The number of aliphatic imine (C=N–C) groups is 1. The van der Waals surface area contributed by atoms with E-state index in [4.69, 9.17) is 0 Å². The zero-order valence-corrected chi connectivity index (χ0v) is 11.6. The van der Waals surface area contributed by atoms with Gasteiger partial charge in [-0.15, -0.1) is 12.4 Å². The summed E-state index contributed by atoms with van der Waals surface area (Å²) in [5.41, 5.74) is 3.59. The average molecular weight is 380 g/mol. The summed E-state index contributed by atoms with van der Waals surface area (Å²) in [7, 11) is 0. The van der Waals surface area contributed by atoms with Crippen LogP contribution in [0.4, 0.5) is 5.69 Å². The second-order valence-electron chi connectivity index (χ2n) is 3.64. The van der Waals surface area contributed by atoms with E-state index in [0.717, 1.165) is 18.7 Å². The van der Waals surface area contributed by atoms with Gasteiger partial charge in [-0.3, -0.25) is 4.99 Å². The molecule has 3 rings (SSSR count). The maximum absolute atomic E-state index is 4.57. The molecule has 16 heavy (non-hydrogen) atoms. The number of para-hydroxylation sites is 1. The van der Waals surface area contributed by atoms with Crippen LogP contribution in [0.15, 0.2) is 41.7 Å². The van der Waals surface area contributed by atoms with Gasteiger partial charge < -0.3 is 9.55 Å². The molecule has 4 heteroatoms. The monoisotopic (exact) mass is 380 g/mol. The fraction of sp³-hybridized carbons (Fsp3) is 0.167. The van der Waals surface area contributed by atoms with Gasteiger partial charge in [0.2, 0.25) is 0 Å². The number of nitrogens with zero attached hydrogens (tertiary/aromatic N) is 3. The second kappa shape index (κ2) is 4.75. The first kappa shape index (κ1) is 11.3. The van der Waals surface area contributed by atoms with Gasteiger partial charge in [-0.25, -0.2) is 0 Å². The Morgan fingerprint density at radius 2 is 2.19 bits per heavy atom. The minimum absolute atomic E-state index is 0. The van der Waals surface area contributed by atoms with E-state index in [2.05, 4.69) is 34.5 Å². The first-order valence-corrected chi connectivity index (χ1v) is 4.95. The number of hydrogen-bond donors (Lipinski definition) is 0. The van der Waals surface area contributed by atoms with Crippen molar-refractivity contribution in [3.05, 3.63) is 48.5 Å². The number of imidazole rings is 1. The molecule has 0 aliphatic carbocycles. The smallest absolute Gasteiger partial charge is 0.449 e. The fourth-order valence-electron chi connectivity index (χ4n) is 1.83. The maximum Gasteiger partial charge on any atom is 2.00 e. The van der Waals surface area contributed by atoms with Gasteiger partial charge in [0.25, 0.3) is 0 Å². The van der Waals surface area contributed by atoms with E-state index in [1.165, 1.54) is 11.3 Å². The van der Waals surface area contributed by atoms with Gasteiger partial charge in [-0.2, -0.15) is 0 Å². The van der Waals surface area contributed by atoms with Crippen LogP contribution in [0, 0.1) is 6.33 Å². The predicted molar refractivity (Wildman–Crippen MR) is 58.3 cm³/mol. The van der Waals surface area contributed by atoms with Gasteiger partial charge in [-0.1, -0.05) is 18.2 Å². The SMILES string of the molecule is [W+2].[c-]1nccn1CC1=Nc2ccccc2C1. The quantitative estimate of drug-likeness (QED) is 0.734. The molecule has 0 N–H and O–H groups in total. The fourth-order valence-corrected chi connectivity index (χ4v) is 1.83. The summed E-state index contributed by atoms with van der Waals surface area (Å²) in [6, 6.07) is 8.26. The molecule has 0 spiro atoms. The third-order valence-corrected chi connectivity index (χ3v) is 2.52. The summed E-state index contributed by atoms with van der Waals surface area (Å²) in [4.78, 5) is 8.47. The molecule has 2 aromatic rings. The van der Waals surface area contributed by atoms with E-state index < -0.39 is 0 Å². The van der Waals surface area contributed by atoms with Crippen molar-refractivity contribution in [3.8, 4) is 0 Å². The second-order valence-corrected chi connectivity index (χ2v) is 3.64. The predicted octanol–water partition coefficient (Wildman–Crippen LogP) is 2.01. The van der Waals surface area contributed by atoms with Gasteiger partial charge >= 0.3 is 21.1 Å². The Hall–Kier alpha value is -1.21. The Balaban J connectivity index is 0.000000963. The maximum atomic E-state index is 4.57. The molecular formula is C12H10N3W+. The Bertz CT molecular complexity index is 503. The van der Waals surface area contributed by atoms with E-state index in [1.807, 2.05) is 16.8 Å². The Kier molecular flexibility index (Phi) is 3.35. The molecule has 0 amide bonds. The Morgan fingerprint density at radius 3 is 2.94 bits per heavy atom. The van der Waals surface area contributed by atoms with Crippen molar-refractivity contribution < 1.29 is 21.1 Å². The van der Waals surface area contributed by atoms with Crippen LogP contribution < -0.4 is 0 Å². The normalized spacial score (nSPS) is 12.9. The van der Waals surface area contributed by atoms with Crippen molar-refractivity contribution in [2.24, 2.45) is 4.99 Å². The summed E-state index contributed by atoms with van der Waals surface area (Å²) < 4.78 is 1.92. The summed E-state index contributed by atoms with van der Waals surface area (Å²) in [5, 5.41) is 0. The van der Waals surface area contributed by atoms with Crippen molar-refractivity contribution in [1.82, 2.24) is 9.55 Å². The minimum atomic E-state index is 0. The van der Waals surface area contributed by atoms with Crippen LogP contribution in [0.25, 0.3) is 0 Å². The van der Waals surface area contributed by atoms with Gasteiger partial charge in [0.1, 0.15) is 0 Å². The summed E-state index contributed by atoms with van der Waals surface area (Å²) in [6.07, 6.45) is 7.47. The van der Waals surface area contributed by atoms with E-state index in [0.29, 0.717) is 0 Å². The summed E-state index contributed by atoms with van der Waals surface area (Å²) in [5.74, 6) is 0. The first-order chi connectivity index (χ1) is 7.42. The molecule has 1 aliphatic heterocycles. The molecular weight excluding hydrogens is 370 g/mol. The van der Waals surface area contributed by atoms with Crippen LogP contribution in [-0.2, 0) is 34.0 Å². The van der Waals surface area contributed by atoms with Gasteiger partial charge in [0.05, 0.1) is 5.69 Å². The molecule has 0 fully saturated rings. The molecule has 0 unspecified atom stereocenters. The molecule has 1 aromatic carbocycles. The summed E-state index contributed by atoms with van der Waals surface area (Å²) in [6.45, 7) is 0.786. The van der Waals surface area contributed by atoms with Crippen LogP contribution in [0.5, 0.6) is 0 Å². The zero-order valence-electron chi connectivity index (χ0n) is 8.63. The molecule has 1 aliphatic rings. The van der Waals surface area contributed by atoms with Crippen LogP contribution in [0.3, 0.4) is 0 Å². The molecule has 1 aromatic heterocycles. The van der Waals surface area contributed by atoms with E-state index >= 15 is 0 Å². The third kappa shape index (κ3) is 2.14. The molecule has 0 radical (unpaired) electrons. The van der Waals surface area contributed by atoms with Crippen LogP contribution in [-0.4, -0.2) is 15.3 Å². The number of hydrogen-bond acceptors (Lipinski definition) is 2. The van der Waals surface area contributed by atoms with E-state index in [-0.39, 0.29) is 21.1 Å². The van der Waals surface area contributed by atoms with Crippen molar-refractivity contribution >= 4 is 11.4 Å². The van der Waals surface area contributed by atoms with E-state index in [9.17, 15) is 0 Å². The first-order valence-electron chi connectivity index (χ1n) is 4.95. The molecule has 78 valence electrons. The topological polar surface area (TPSA) is 30.2 Å². The minimum Gasteiger partial charge on any atom is -0.449 e. The van der Waals surface area contributed by atoms with Gasteiger partial charge in [0.15, 0.2) is 0 Å². The molecule has 0 saturated carbocycles. The van der Waals surface area contributed by atoms with Crippen LogP contribution in [0.1, 0.15) is 5.56 Å². The number of fused-ring (bicyclic) bond motifs is 1. The number of rotatable bonds is 2. The molecule has 0 saturated heterocycles. The number of aromatic nitrogens is 2. The van der Waals surface area contributed by atoms with Crippen molar-refractivity contribution in [2.45, 2.75) is 13.0 Å². The zero-order chi connectivity index (χ0) is 10.1. The number of benzene rings is 1. The van der Waals surface area contributed by atoms with Crippen LogP contribution >= 0.6 is 0 Å². The van der Waals surface area contributed by atoms with Crippen molar-refractivity contribution in [3.63, 3.8) is 0 Å². The summed E-state index contributed by atoms with van der Waals surface area (Å²) >= 11 is 0. The van der Waals surface area contributed by atoms with Crippen LogP contribution in [0.2, 0.25) is 0 Å². The van der Waals surface area contributed by atoms with E-state index in [1.54, 1.807) is 6.20 Å². The average Bonchev–Trinajstić information content (AvgIpc) is 2.86. The molecule has 3 nitrogen and oxygen atoms in total. The standard InChI is InChI=1S/C12H10N3.W/c1-2-4-12-10(3-1)7-11(14-12)8-15-6-5-13-9-15;/h1-6H,7-8H2;/q-1;+2. The Labute approximate surface area is 108 Å². The van der Waals surface area contributed by atoms with Gasteiger partial charge in [0, 0.05) is 25.0 Å².